The van der Waals surface area contributed by atoms with Crippen molar-refractivity contribution in [2.24, 2.45) is 5.92 Å². The molecule has 2 atom stereocenters. The third-order valence-electron chi connectivity index (χ3n) is 5.71. The van der Waals surface area contributed by atoms with Crippen LogP contribution < -0.4 is 5.32 Å². The molecule has 1 N–H and O–H groups in total. The normalized spacial score (nSPS) is 35.4. The molecule has 0 aromatic carbocycles. The third-order valence-corrected chi connectivity index (χ3v) is 6.51. The summed E-state index contributed by atoms with van der Waals surface area (Å²) in [5.41, 5.74) is 0. The lowest BCUT2D eigenvalue weighted by Crippen LogP contribution is -2.38. The van der Waals surface area contributed by atoms with Crippen molar-refractivity contribution in [3.63, 3.8) is 0 Å². The second kappa shape index (κ2) is 9.55. The van der Waals surface area contributed by atoms with Gasteiger partial charge in [-0.2, -0.15) is 0 Å². The maximum Gasteiger partial charge on any atom is 0.0229 e. The molecule has 0 bridgehead atoms. The van der Waals surface area contributed by atoms with E-state index in [9.17, 15) is 0 Å². The molecule has 0 spiro atoms. The average molecular weight is 358 g/mol. The molecule has 0 aromatic heterocycles. The van der Waals surface area contributed by atoms with Gasteiger partial charge < -0.3 is 5.32 Å². The fourth-order valence-corrected chi connectivity index (χ4v) is 4.85. The molecule has 2 heteroatoms. The molecule has 0 aromatic rings. The van der Waals surface area contributed by atoms with Crippen LogP contribution in [0.5, 0.6) is 0 Å². The zero-order valence-corrected chi connectivity index (χ0v) is 15.7. The highest BCUT2D eigenvalue weighted by Crippen LogP contribution is 2.33. The van der Waals surface area contributed by atoms with Gasteiger partial charge in [-0.15, -0.1) is 0 Å². The van der Waals surface area contributed by atoms with Crippen LogP contribution in [0, 0.1) is 5.92 Å². The van der Waals surface area contributed by atoms with Crippen molar-refractivity contribution >= 4 is 15.9 Å². The Bertz CT molecular complexity index is 267. The Morgan fingerprint density at radius 3 is 2.10 bits per heavy atom. The highest BCUT2D eigenvalue weighted by Gasteiger charge is 2.25. The number of rotatable bonds is 1. The molecule has 1 saturated carbocycles. The van der Waals surface area contributed by atoms with Gasteiger partial charge in [-0.3, -0.25) is 0 Å². The first-order chi connectivity index (χ1) is 10.2. The molecule has 1 saturated heterocycles. The smallest absolute Gasteiger partial charge is 0.0229 e. The van der Waals surface area contributed by atoms with Gasteiger partial charge in [0.1, 0.15) is 0 Å². The van der Waals surface area contributed by atoms with E-state index >= 15 is 0 Å². The van der Waals surface area contributed by atoms with E-state index in [-0.39, 0.29) is 0 Å². The van der Waals surface area contributed by atoms with Crippen LogP contribution in [0.1, 0.15) is 96.8 Å². The van der Waals surface area contributed by atoms with Crippen molar-refractivity contribution in [3.05, 3.63) is 0 Å². The molecule has 124 valence electrons. The lowest BCUT2D eigenvalue weighted by molar-refractivity contribution is 0.275. The molecule has 1 aliphatic carbocycles. The zero-order chi connectivity index (χ0) is 15.0. The summed E-state index contributed by atoms with van der Waals surface area (Å²) in [6.07, 6.45) is 20.0. The molecule has 1 nitrogen and oxygen atoms in total. The standard InChI is InChI=1S/C19H36BrN/c1-19(20)14-8-9-16-21-18(13-10-15-19)17-11-6-4-2-3-5-7-12-17/h17-18,21H,2-16H2,1H3. The van der Waals surface area contributed by atoms with Gasteiger partial charge in [0.2, 0.25) is 0 Å². The lowest BCUT2D eigenvalue weighted by Gasteiger charge is -2.31. The van der Waals surface area contributed by atoms with Crippen molar-refractivity contribution in [1.82, 2.24) is 5.32 Å². The van der Waals surface area contributed by atoms with Gasteiger partial charge in [-0.05, 0) is 57.9 Å². The van der Waals surface area contributed by atoms with E-state index in [0.717, 1.165) is 12.0 Å². The first kappa shape index (κ1) is 17.8. The minimum Gasteiger partial charge on any atom is -0.314 e. The molecule has 0 amide bonds. The Morgan fingerprint density at radius 2 is 1.38 bits per heavy atom. The SMILES string of the molecule is CC1(Br)CCCCNC(C2CCCCCCCC2)CCC1. The predicted molar refractivity (Wildman–Crippen MR) is 97.3 cm³/mol. The Labute approximate surface area is 141 Å². The topological polar surface area (TPSA) is 12.0 Å². The summed E-state index contributed by atoms with van der Waals surface area (Å²) in [6, 6.07) is 0.796. The van der Waals surface area contributed by atoms with Gasteiger partial charge in [0, 0.05) is 10.4 Å². The summed E-state index contributed by atoms with van der Waals surface area (Å²) < 4.78 is 0.396. The molecule has 1 heterocycles. The minimum absolute atomic E-state index is 0.396. The van der Waals surface area contributed by atoms with E-state index in [0.29, 0.717) is 4.32 Å². The molecule has 2 fully saturated rings. The van der Waals surface area contributed by atoms with Crippen LogP contribution in [0.25, 0.3) is 0 Å². The van der Waals surface area contributed by atoms with Crippen LogP contribution in [0.15, 0.2) is 0 Å². The fourth-order valence-electron chi connectivity index (χ4n) is 4.29. The van der Waals surface area contributed by atoms with Crippen molar-refractivity contribution in [1.29, 1.82) is 0 Å². The van der Waals surface area contributed by atoms with E-state index in [1.807, 2.05) is 0 Å². The van der Waals surface area contributed by atoms with Crippen molar-refractivity contribution < 1.29 is 0 Å². The molecule has 2 aliphatic rings. The van der Waals surface area contributed by atoms with E-state index < -0.39 is 0 Å². The summed E-state index contributed by atoms with van der Waals surface area (Å²) in [5.74, 6) is 0.948. The fraction of sp³-hybridized carbons (Fsp3) is 1.00. The average Bonchev–Trinajstić information content (AvgIpc) is 2.58. The van der Waals surface area contributed by atoms with Crippen LogP contribution >= 0.6 is 15.9 Å². The first-order valence-electron chi connectivity index (χ1n) is 9.60. The van der Waals surface area contributed by atoms with Gasteiger partial charge in [0.15, 0.2) is 0 Å². The van der Waals surface area contributed by atoms with Crippen LogP contribution in [0.2, 0.25) is 0 Å². The molecule has 1 aliphatic heterocycles. The lowest BCUT2D eigenvalue weighted by atomic mass is 9.85. The molecule has 2 rings (SSSR count). The summed E-state index contributed by atoms with van der Waals surface area (Å²) in [4.78, 5) is 0. The maximum atomic E-state index is 3.97. The van der Waals surface area contributed by atoms with Crippen LogP contribution in [0.4, 0.5) is 0 Å². The molecule has 2 unspecified atom stereocenters. The summed E-state index contributed by atoms with van der Waals surface area (Å²) in [5, 5.41) is 3.94. The van der Waals surface area contributed by atoms with Crippen LogP contribution in [0.3, 0.4) is 0 Å². The highest BCUT2D eigenvalue weighted by atomic mass is 79.9. The summed E-state index contributed by atoms with van der Waals surface area (Å²) in [7, 11) is 0. The van der Waals surface area contributed by atoms with E-state index in [1.165, 1.54) is 96.4 Å². The predicted octanol–water partition coefficient (Wildman–Crippen LogP) is 6.20. The number of hydrogen-bond acceptors (Lipinski definition) is 1. The number of alkyl halides is 1. The van der Waals surface area contributed by atoms with E-state index in [4.69, 9.17) is 0 Å². The van der Waals surface area contributed by atoms with Crippen LogP contribution in [-0.4, -0.2) is 16.9 Å². The Hall–Kier alpha value is 0.440. The number of halogens is 1. The molecule has 0 radical (unpaired) electrons. The van der Waals surface area contributed by atoms with Crippen molar-refractivity contribution in [2.45, 2.75) is 107 Å². The highest BCUT2D eigenvalue weighted by molar-refractivity contribution is 9.10. The van der Waals surface area contributed by atoms with Gasteiger partial charge >= 0.3 is 0 Å². The van der Waals surface area contributed by atoms with Gasteiger partial charge in [-0.1, -0.05) is 67.3 Å². The molecule has 21 heavy (non-hydrogen) atoms. The van der Waals surface area contributed by atoms with Crippen molar-refractivity contribution in [2.75, 3.05) is 6.54 Å². The van der Waals surface area contributed by atoms with E-state index in [1.54, 1.807) is 0 Å². The number of nitrogens with one attached hydrogen (secondary N) is 1. The second-order valence-electron chi connectivity index (χ2n) is 7.78. The van der Waals surface area contributed by atoms with Crippen molar-refractivity contribution in [3.8, 4) is 0 Å². The van der Waals surface area contributed by atoms with E-state index in [2.05, 4.69) is 28.2 Å². The second-order valence-corrected chi connectivity index (χ2v) is 9.70. The number of hydrogen-bond donors (Lipinski definition) is 1. The Balaban J connectivity index is 1.88. The largest absolute Gasteiger partial charge is 0.314 e. The maximum absolute atomic E-state index is 3.97. The first-order valence-corrected chi connectivity index (χ1v) is 10.4. The van der Waals surface area contributed by atoms with Gasteiger partial charge in [0.25, 0.3) is 0 Å². The minimum atomic E-state index is 0.396. The van der Waals surface area contributed by atoms with Gasteiger partial charge in [-0.25, -0.2) is 0 Å². The molecular weight excluding hydrogens is 322 g/mol. The Kier molecular flexibility index (Phi) is 8.09. The monoisotopic (exact) mass is 357 g/mol. The third kappa shape index (κ3) is 7.03. The quantitative estimate of drug-likeness (QED) is 0.550. The summed E-state index contributed by atoms with van der Waals surface area (Å²) >= 11 is 3.97. The van der Waals surface area contributed by atoms with Crippen LogP contribution in [-0.2, 0) is 0 Å². The zero-order valence-electron chi connectivity index (χ0n) is 14.1. The summed E-state index contributed by atoms with van der Waals surface area (Å²) in [6.45, 7) is 3.64. The molecular formula is C19H36BrN. The van der Waals surface area contributed by atoms with Gasteiger partial charge in [0.05, 0.1) is 0 Å². The Morgan fingerprint density at radius 1 is 0.762 bits per heavy atom.